The molecule has 21 heavy (non-hydrogen) atoms. The van der Waals surface area contributed by atoms with Crippen molar-refractivity contribution in [2.45, 2.75) is 33.6 Å². The van der Waals surface area contributed by atoms with Gasteiger partial charge in [-0.1, -0.05) is 13.8 Å². The van der Waals surface area contributed by atoms with Crippen LogP contribution in [0.4, 0.5) is 0 Å². The molecular formula is C13H18N4O4. The van der Waals surface area contributed by atoms with E-state index in [2.05, 4.69) is 19.9 Å². The molecule has 0 saturated carbocycles. The largest absolute Gasteiger partial charge is 0.325 e. The monoisotopic (exact) mass is 294 g/mol. The Kier molecular flexibility index (Phi) is 5.65. The molecule has 0 radical (unpaired) electrons. The summed E-state index contributed by atoms with van der Waals surface area (Å²) in [5.41, 5.74) is 0.438. The SMILES string of the molecule is CCc1[nH]c(=O)[nH]c(=O)c1C.CCc1cc(=O)[nH]c(=O)[nH]1. The molecule has 0 fully saturated rings. The Labute approximate surface area is 119 Å². The molecule has 2 aromatic rings. The summed E-state index contributed by atoms with van der Waals surface area (Å²) < 4.78 is 0. The normalized spacial score (nSPS) is 9.86. The number of nitrogens with one attached hydrogen (secondary N) is 4. The highest BCUT2D eigenvalue weighted by molar-refractivity contribution is 5.13. The number of H-pyrrole nitrogens is 4. The van der Waals surface area contributed by atoms with Gasteiger partial charge in [-0.15, -0.1) is 0 Å². The smallest absolute Gasteiger partial charge is 0.311 e. The Hall–Kier alpha value is -2.64. The van der Waals surface area contributed by atoms with Crippen LogP contribution in [-0.2, 0) is 12.8 Å². The zero-order chi connectivity index (χ0) is 16.0. The van der Waals surface area contributed by atoms with Crippen LogP contribution in [0.25, 0.3) is 0 Å². The molecule has 0 atom stereocenters. The Balaban J connectivity index is 0.000000211. The van der Waals surface area contributed by atoms with Crippen molar-refractivity contribution in [3.8, 4) is 0 Å². The van der Waals surface area contributed by atoms with Crippen LogP contribution >= 0.6 is 0 Å². The van der Waals surface area contributed by atoms with E-state index in [1.54, 1.807) is 6.92 Å². The standard InChI is InChI=1S/C7H10N2O2.C6H8N2O2/c1-3-5-4(2)6(10)9-7(11)8-5;1-2-4-3-5(9)8-6(10)7-4/h3H2,1-2H3,(H2,8,9,10,11);3H,2H2,1H3,(H2,7,8,9,10). The highest BCUT2D eigenvalue weighted by atomic mass is 16.2. The van der Waals surface area contributed by atoms with E-state index < -0.39 is 11.4 Å². The van der Waals surface area contributed by atoms with Gasteiger partial charge < -0.3 is 9.97 Å². The summed E-state index contributed by atoms with van der Waals surface area (Å²) in [6.45, 7) is 5.44. The van der Waals surface area contributed by atoms with Gasteiger partial charge in [0.15, 0.2) is 0 Å². The molecule has 0 spiro atoms. The summed E-state index contributed by atoms with van der Waals surface area (Å²) >= 11 is 0. The maximum atomic E-state index is 10.9. The van der Waals surface area contributed by atoms with Gasteiger partial charge in [0.1, 0.15) is 0 Å². The second-order valence-electron chi connectivity index (χ2n) is 4.33. The lowest BCUT2D eigenvalue weighted by Gasteiger charge is -1.98. The van der Waals surface area contributed by atoms with Crippen LogP contribution in [0, 0.1) is 6.92 Å². The molecule has 8 nitrogen and oxygen atoms in total. The van der Waals surface area contributed by atoms with Gasteiger partial charge in [-0.3, -0.25) is 19.6 Å². The third-order valence-corrected chi connectivity index (χ3v) is 2.84. The van der Waals surface area contributed by atoms with Gasteiger partial charge in [-0.2, -0.15) is 0 Å². The van der Waals surface area contributed by atoms with E-state index in [9.17, 15) is 19.2 Å². The van der Waals surface area contributed by atoms with E-state index in [1.165, 1.54) is 6.07 Å². The van der Waals surface area contributed by atoms with Gasteiger partial charge >= 0.3 is 11.4 Å². The van der Waals surface area contributed by atoms with Crippen LogP contribution in [0.15, 0.2) is 25.2 Å². The molecule has 0 amide bonds. The lowest BCUT2D eigenvalue weighted by Crippen LogP contribution is -2.26. The van der Waals surface area contributed by atoms with Crippen molar-refractivity contribution in [3.05, 3.63) is 64.7 Å². The average Bonchev–Trinajstić information content (AvgIpc) is 2.42. The second-order valence-corrected chi connectivity index (χ2v) is 4.33. The van der Waals surface area contributed by atoms with Crippen LogP contribution in [-0.4, -0.2) is 19.9 Å². The molecule has 2 aromatic heterocycles. The Bertz CT molecular complexity index is 797. The molecule has 2 rings (SSSR count). The topological polar surface area (TPSA) is 131 Å². The third kappa shape index (κ3) is 4.75. The minimum atomic E-state index is -0.440. The number of rotatable bonds is 2. The van der Waals surface area contributed by atoms with Gasteiger partial charge in [-0.05, 0) is 19.8 Å². The van der Waals surface area contributed by atoms with Crippen LogP contribution in [0.3, 0.4) is 0 Å². The van der Waals surface area contributed by atoms with Gasteiger partial charge in [0.2, 0.25) is 0 Å². The number of aromatic nitrogens is 4. The van der Waals surface area contributed by atoms with Crippen molar-refractivity contribution in [3.63, 3.8) is 0 Å². The van der Waals surface area contributed by atoms with Crippen molar-refractivity contribution >= 4 is 0 Å². The van der Waals surface area contributed by atoms with Crippen LogP contribution < -0.4 is 22.5 Å². The Morgan fingerprint density at radius 3 is 2.00 bits per heavy atom. The van der Waals surface area contributed by atoms with E-state index in [4.69, 9.17) is 0 Å². The summed E-state index contributed by atoms with van der Waals surface area (Å²) in [6, 6.07) is 1.38. The highest BCUT2D eigenvalue weighted by Gasteiger charge is 2.00. The predicted octanol–water partition coefficient (Wildman–Crippen LogP) is -0.440. The first-order valence-corrected chi connectivity index (χ1v) is 6.52. The third-order valence-electron chi connectivity index (χ3n) is 2.84. The highest BCUT2D eigenvalue weighted by Crippen LogP contribution is 1.93. The molecule has 4 N–H and O–H groups in total. The second kappa shape index (κ2) is 7.22. The molecule has 0 aliphatic carbocycles. The minimum Gasteiger partial charge on any atom is -0.311 e. The van der Waals surface area contributed by atoms with Crippen molar-refractivity contribution < 1.29 is 0 Å². The Morgan fingerprint density at radius 2 is 1.48 bits per heavy atom. The number of hydrogen-bond acceptors (Lipinski definition) is 4. The fourth-order valence-corrected chi connectivity index (χ4v) is 1.66. The van der Waals surface area contributed by atoms with Crippen molar-refractivity contribution in [1.82, 2.24) is 19.9 Å². The van der Waals surface area contributed by atoms with Crippen molar-refractivity contribution in [2.75, 3.05) is 0 Å². The summed E-state index contributed by atoms with van der Waals surface area (Å²) in [5, 5.41) is 0. The lowest BCUT2D eigenvalue weighted by molar-refractivity contribution is 0.908. The molecule has 0 unspecified atom stereocenters. The van der Waals surface area contributed by atoms with Gasteiger partial charge in [0.25, 0.3) is 11.1 Å². The van der Waals surface area contributed by atoms with Crippen LogP contribution in [0.2, 0.25) is 0 Å². The van der Waals surface area contributed by atoms with E-state index in [0.29, 0.717) is 29.8 Å². The Morgan fingerprint density at radius 1 is 0.857 bits per heavy atom. The quantitative estimate of drug-likeness (QED) is 0.597. The van der Waals surface area contributed by atoms with Crippen LogP contribution in [0.5, 0.6) is 0 Å². The fraction of sp³-hybridized carbons (Fsp3) is 0.385. The van der Waals surface area contributed by atoms with E-state index in [1.807, 2.05) is 13.8 Å². The maximum Gasteiger partial charge on any atom is 0.325 e. The average molecular weight is 294 g/mol. The summed E-state index contributed by atoms with van der Waals surface area (Å²) in [4.78, 5) is 52.1. The lowest BCUT2D eigenvalue weighted by atomic mass is 10.2. The number of hydrogen-bond donors (Lipinski definition) is 4. The zero-order valence-corrected chi connectivity index (χ0v) is 12.1. The molecule has 0 aromatic carbocycles. The van der Waals surface area contributed by atoms with E-state index >= 15 is 0 Å². The van der Waals surface area contributed by atoms with Crippen molar-refractivity contribution in [1.29, 1.82) is 0 Å². The van der Waals surface area contributed by atoms with Gasteiger partial charge in [-0.25, -0.2) is 9.59 Å². The molecule has 2 heterocycles. The molecule has 0 bridgehead atoms. The van der Waals surface area contributed by atoms with E-state index in [0.717, 1.165) is 0 Å². The fourth-order valence-electron chi connectivity index (χ4n) is 1.66. The molecule has 0 saturated heterocycles. The van der Waals surface area contributed by atoms with Crippen LogP contribution in [0.1, 0.15) is 30.8 Å². The van der Waals surface area contributed by atoms with Crippen molar-refractivity contribution in [2.24, 2.45) is 0 Å². The van der Waals surface area contributed by atoms with Gasteiger partial charge in [0, 0.05) is 23.0 Å². The zero-order valence-electron chi connectivity index (χ0n) is 12.1. The van der Waals surface area contributed by atoms with E-state index in [-0.39, 0.29) is 11.1 Å². The first-order chi connectivity index (χ1) is 9.87. The molecule has 114 valence electrons. The summed E-state index contributed by atoms with van der Waals surface area (Å²) in [5.74, 6) is 0. The maximum absolute atomic E-state index is 10.9. The first kappa shape index (κ1) is 16.4. The van der Waals surface area contributed by atoms with Gasteiger partial charge in [0.05, 0.1) is 0 Å². The predicted molar refractivity (Wildman–Crippen MR) is 78.9 cm³/mol. The first-order valence-electron chi connectivity index (χ1n) is 6.52. The molecule has 0 aliphatic rings. The number of aromatic amines is 4. The minimum absolute atomic E-state index is 0.300. The summed E-state index contributed by atoms with van der Waals surface area (Å²) in [6.07, 6.45) is 1.34. The molecule has 8 heteroatoms. The molecular weight excluding hydrogens is 276 g/mol. The summed E-state index contributed by atoms with van der Waals surface area (Å²) in [7, 11) is 0. The number of aryl methyl sites for hydroxylation is 2. The molecule has 0 aliphatic heterocycles.